The van der Waals surface area contributed by atoms with Crippen molar-refractivity contribution in [3.05, 3.63) is 45.9 Å². The zero-order valence-corrected chi connectivity index (χ0v) is 12.7. The largest absolute Gasteiger partial charge is 0.399 e. The van der Waals surface area contributed by atoms with Crippen molar-refractivity contribution >= 4 is 27.0 Å². The maximum absolute atomic E-state index is 13.3. The number of halogens is 1. The quantitative estimate of drug-likeness (QED) is 0.852. The third-order valence-corrected chi connectivity index (χ3v) is 5.43. The minimum Gasteiger partial charge on any atom is -0.399 e. The number of nitrogens with two attached hydrogens (primary N) is 1. The summed E-state index contributed by atoms with van der Waals surface area (Å²) in [6, 6.07) is 6.66. The van der Waals surface area contributed by atoms with Crippen LogP contribution in [0.5, 0.6) is 0 Å². The van der Waals surface area contributed by atoms with E-state index in [2.05, 4.69) is 4.72 Å². The number of nitrogen functional groups attached to an aromatic ring is 1. The van der Waals surface area contributed by atoms with E-state index in [-0.39, 0.29) is 16.6 Å². The van der Waals surface area contributed by atoms with Crippen molar-refractivity contribution in [2.24, 2.45) is 0 Å². The van der Waals surface area contributed by atoms with E-state index in [9.17, 15) is 12.8 Å². The first kappa shape index (κ1) is 15.0. The molecule has 0 spiro atoms. The molecule has 0 radical (unpaired) electrons. The van der Waals surface area contributed by atoms with Crippen LogP contribution in [0.2, 0.25) is 0 Å². The zero-order chi connectivity index (χ0) is 14.9. The summed E-state index contributed by atoms with van der Waals surface area (Å²) in [6.07, 6.45) is 0. The van der Waals surface area contributed by atoms with Gasteiger partial charge in [0.15, 0.2) is 0 Å². The number of benzene rings is 1. The number of nitrogens with one attached hydrogen (secondary N) is 1. The number of thiophene rings is 1. The van der Waals surface area contributed by atoms with Crippen molar-refractivity contribution in [1.29, 1.82) is 0 Å². The van der Waals surface area contributed by atoms with Crippen LogP contribution in [0.1, 0.15) is 22.7 Å². The molecule has 2 rings (SSSR count). The smallest absolute Gasteiger partial charge is 0.241 e. The van der Waals surface area contributed by atoms with Gasteiger partial charge in [-0.3, -0.25) is 0 Å². The second-order valence-corrected chi connectivity index (χ2v) is 7.55. The Bertz CT molecular complexity index is 705. The van der Waals surface area contributed by atoms with Crippen molar-refractivity contribution < 1.29 is 12.8 Å². The molecule has 0 saturated carbocycles. The molecule has 4 nitrogen and oxygen atoms in total. The van der Waals surface area contributed by atoms with Gasteiger partial charge in [-0.1, -0.05) is 0 Å². The Morgan fingerprint density at radius 2 is 2.00 bits per heavy atom. The predicted octanol–water partition coefficient (Wildman–Crippen LogP) is 2.82. The van der Waals surface area contributed by atoms with E-state index < -0.39 is 15.8 Å². The molecule has 0 aliphatic carbocycles. The Labute approximate surface area is 121 Å². The summed E-state index contributed by atoms with van der Waals surface area (Å²) < 4.78 is 40.2. The maximum atomic E-state index is 13.3. The molecule has 0 saturated heterocycles. The van der Waals surface area contributed by atoms with E-state index in [4.69, 9.17) is 5.73 Å². The molecule has 1 atom stereocenters. The lowest BCUT2D eigenvalue weighted by atomic mass is 10.3. The van der Waals surface area contributed by atoms with E-state index in [1.165, 1.54) is 17.4 Å². The average molecular weight is 314 g/mol. The molecule has 1 aromatic carbocycles. The van der Waals surface area contributed by atoms with Gasteiger partial charge in [0.1, 0.15) is 5.82 Å². The molecule has 7 heteroatoms. The van der Waals surface area contributed by atoms with Crippen LogP contribution in [0, 0.1) is 12.7 Å². The second kappa shape index (κ2) is 5.51. The van der Waals surface area contributed by atoms with Gasteiger partial charge in [0.05, 0.1) is 10.9 Å². The summed E-state index contributed by atoms with van der Waals surface area (Å²) in [5.74, 6) is -0.676. The molecular weight excluding hydrogens is 299 g/mol. The number of hydrogen-bond acceptors (Lipinski definition) is 4. The van der Waals surface area contributed by atoms with Crippen LogP contribution in [0.3, 0.4) is 0 Å². The molecule has 1 aromatic heterocycles. The van der Waals surface area contributed by atoms with Crippen LogP contribution in [-0.4, -0.2) is 8.42 Å². The topological polar surface area (TPSA) is 72.2 Å². The molecule has 0 aliphatic rings. The molecule has 0 amide bonds. The Hall–Kier alpha value is -1.44. The first-order chi connectivity index (χ1) is 9.28. The summed E-state index contributed by atoms with van der Waals surface area (Å²) in [7, 11) is -3.81. The zero-order valence-electron chi connectivity index (χ0n) is 11.1. The first-order valence-corrected chi connectivity index (χ1v) is 8.22. The fraction of sp³-hybridized carbons (Fsp3) is 0.231. The van der Waals surface area contributed by atoms with Crippen LogP contribution in [-0.2, 0) is 10.0 Å². The first-order valence-electron chi connectivity index (χ1n) is 5.92. The molecule has 20 heavy (non-hydrogen) atoms. The number of anilines is 1. The molecule has 2 aromatic rings. The van der Waals surface area contributed by atoms with Gasteiger partial charge >= 0.3 is 0 Å². The van der Waals surface area contributed by atoms with E-state index in [1.54, 1.807) is 6.92 Å². The van der Waals surface area contributed by atoms with Crippen LogP contribution in [0.25, 0.3) is 0 Å². The molecule has 0 fully saturated rings. The third kappa shape index (κ3) is 3.36. The Kier molecular flexibility index (Phi) is 4.12. The fourth-order valence-electron chi connectivity index (χ4n) is 1.78. The Morgan fingerprint density at radius 1 is 1.30 bits per heavy atom. The summed E-state index contributed by atoms with van der Waals surface area (Å²) >= 11 is 1.51. The summed E-state index contributed by atoms with van der Waals surface area (Å²) in [5, 5.41) is 0. The highest BCUT2D eigenvalue weighted by Gasteiger charge is 2.20. The Morgan fingerprint density at radius 3 is 2.55 bits per heavy atom. The predicted molar refractivity (Wildman–Crippen MR) is 78.6 cm³/mol. The lowest BCUT2D eigenvalue weighted by Gasteiger charge is -2.13. The van der Waals surface area contributed by atoms with E-state index in [0.29, 0.717) is 0 Å². The minimum absolute atomic E-state index is 0.0741. The SMILES string of the molecule is Cc1ccc(C(C)NS(=O)(=O)c2cc(N)cc(F)c2)s1. The van der Waals surface area contributed by atoms with Gasteiger partial charge in [-0.05, 0) is 44.2 Å². The molecular formula is C13H15FN2O2S2. The van der Waals surface area contributed by atoms with Crippen LogP contribution in [0.4, 0.5) is 10.1 Å². The van der Waals surface area contributed by atoms with Crippen LogP contribution < -0.4 is 10.5 Å². The van der Waals surface area contributed by atoms with E-state index >= 15 is 0 Å². The van der Waals surface area contributed by atoms with Gasteiger partial charge < -0.3 is 5.73 Å². The number of sulfonamides is 1. The monoisotopic (exact) mass is 314 g/mol. The number of rotatable bonds is 4. The summed E-state index contributed by atoms with van der Waals surface area (Å²) in [4.78, 5) is 1.83. The average Bonchev–Trinajstić information content (AvgIpc) is 2.74. The standard InChI is InChI=1S/C13H15FN2O2S2/c1-8-3-4-13(19-8)9(2)16-20(17,18)12-6-10(14)5-11(15)7-12/h3-7,9,16H,15H2,1-2H3. The normalized spacial score (nSPS) is 13.3. The van der Waals surface area contributed by atoms with Crippen molar-refractivity contribution in [3.63, 3.8) is 0 Å². The van der Waals surface area contributed by atoms with Crippen LogP contribution >= 0.6 is 11.3 Å². The van der Waals surface area contributed by atoms with Gasteiger partial charge in [0.25, 0.3) is 0 Å². The summed E-state index contributed by atoms with van der Waals surface area (Å²) in [6.45, 7) is 3.69. The van der Waals surface area contributed by atoms with Crippen molar-refractivity contribution in [2.75, 3.05) is 5.73 Å². The van der Waals surface area contributed by atoms with Crippen LogP contribution in [0.15, 0.2) is 35.2 Å². The Balaban J connectivity index is 2.27. The van der Waals surface area contributed by atoms with Gasteiger partial charge in [-0.15, -0.1) is 11.3 Å². The molecule has 3 N–H and O–H groups in total. The highest BCUT2D eigenvalue weighted by molar-refractivity contribution is 7.89. The van der Waals surface area contributed by atoms with Crippen molar-refractivity contribution in [2.45, 2.75) is 24.8 Å². The third-order valence-electron chi connectivity index (χ3n) is 2.72. The molecule has 1 unspecified atom stereocenters. The number of hydrogen-bond donors (Lipinski definition) is 2. The van der Waals surface area contributed by atoms with Gasteiger partial charge in [-0.25, -0.2) is 17.5 Å². The second-order valence-electron chi connectivity index (χ2n) is 4.51. The maximum Gasteiger partial charge on any atom is 0.241 e. The highest BCUT2D eigenvalue weighted by atomic mass is 32.2. The molecule has 0 aliphatic heterocycles. The van der Waals surface area contributed by atoms with Gasteiger partial charge in [0.2, 0.25) is 10.0 Å². The minimum atomic E-state index is -3.81. The molecule has 0 bridgehead atoms. The summed E-state index contributed by atoms with van der Waals surface area (Å²) in [5.41, 5.74) is 5.55. The lowest BCUT2D eigenvalue weighted by molar-refractivity contribution is 0.565. The van der Waals surface area contributed by atoms with Gasteiger partial charge in [0, 0.05) is 15.4 Å². The fourth-order valence-corrected chi connectivity index (χ4v) is 4.03. The lowest BCUT2D eigenvalue weighted by Crippen LogP contribution is -2.26. The van der Waals surface area contributed by atoms with Crippen molar-refractivity contribution in [3.8, 4) is 0 Å². The van der Waals surface area contributed by atoms with Crippen molar-refractivity contribution in [1.82, 2.24) is 4.72 Å². The highest BCUT2D eigenvalue weighted by Crippen LogP contribution is 2.24. The molecule has 1 heterocycles. The van der Waals surface area contributed by atoms with E-state index in [0.717, 1.165) is 21.9 Å². The van der Waals surface area contributed by atoms with E-state index in [1.807, 2.05) is 19.1 Å². The van der Waals surface area contributed by atoms with Gasteiger partial charge in [-0.2, -0.15) is 0 Å². The number of aryl methyl sites for hydroxylation is 1. The molecule has 108 valence electrons.